The molecule has 1 amide bonds. The van der Waals surface area contributed by atoms with Crippen LogP contribution in [0, 0.1) is 17.6 Å². The highest BCUT2D eigenvalue weighted by atomic mass is 19.1. The van der Waals surface area contributed by atoms with Gasteiger partial charge in [0.2, 0.25) is 0 Å². The van der Waals surface area contributed by atoms with Gasteiger partial charge in [0.1, 0.15) is 11.6 Å². The molecule has 1 N–H and O–H groups in total. The van der Waals surface area contributed by atoms with Gasteiger partial charge in [-0.3, -0.25) is 9.36 Å². The van der Waals surface area contributed by atoms with Gasteiger partial charge in [0.05, 0.1) is 23.6 Å². The van der Waals surface area contributed by atoms with E-state index in [1.165, 1.54) is 36.4 Å². The van der Waals surface area contributed by atoms with Gasteiger partial charge in [-0.1, -0.05) is 12.1 Å². The Balaban J connectivity index is 1.38. The van der Waals surface area contributed by atoms with Crippen LogP contribution in [0.4, 0.5) is 13.6 Å². The molecule has 7 nitrogen and oxygen atoms in total. The average molecular weight is 539 g/mol. The minimum Gasteiger partial charge on any atom is -0.481 e. The van der Waals surface area contributed by atoms with E-state index in [1.807, 2.05) is 6.92 Å². The number of benzene rings is 2. The molecule has 3 aliphatic heterocycles. The second-order valence-electron chi connectivity index (χ2n) is 11.0. The van der Waals surface area contributed by atoms with Gasteiger partial charge in [-0.15, -0.1) is 0 Å². The lowest BCUT2D eigenvalue weighted by atomic mass is 9.70. The number of hydrogen-bond acceptors (Lipinski definition) is 4. The van der Waals surface area contributed by atoms with Crippen LogP contribution < -0.4 is 0 Å². The molecule has 0 aliphatic carbocycles. The zero-order valence-corrected chi connectivity index (χ0v) is 21.9. The first-order valence-corrected chi connectivity index (χ1v) is 13.6. The van der Waals surface area contributed by atoms with E-state index in [1.54, 1.807) is 15.5 Å². The molecular formula is C30H32F2N2O5. The summed E-state index contributed by atoms with van der Waals surface area (Å²) in [4.78, 5) is 28.4. The van der Waals surface area contributed by atoms with E-state index < -0.39 is 29.1 Å². The molecule has 1 unspecified atom stereocenters. The normalized spacial score (nSPS) is 26.0. The number of carboxylic acids is 1. The number of carbonyl (C=O) groups excluding carboxylic acids is 1. The van der Waals surface area contributed by atoms with Crippen LogP contribution in [0.15, 0.2) is 42.5 Å². The monoisotopic (exact) mass is 538 g/mol. The van der Waals surface area contributed by atoms with E-state index in [4.69, 9.17) is 9.47 Å². The van der Waals surface area contributed by atoms with Crippen molar-refractivity contribution in [3.63, 3.8) is 0 Å². The van der Waals surface area contributed by atoms with Gasteiger partial charge in [0, 0.05) is 48.9 Å². The van der Waals surface area contributed by atoms with E-state index in [0.717, 1.165) is 29.5 Å². The molecule has 3 aliphatic rings. The maximum absolute atomic E-state index is 14.5. The zero-order chi connectivity index (χ0) is 27.3. The van der Waals surface area contributed by atoms with Gasteiger partial charge in [-0.25, -0.2) is 13.6 Å². The van der Waals surface area contributed by atoms with Gasteiger partial charge >= 0.3 is 12.0 Å². The summed E-state index contributed by atoms with van der Waals surface area (Å²) >= 11 is 0. The second-order valence-corrected chi connectivity index (χ2v) is 11.0. The number of likely N-dealkylation sites (tertiary alicyclic amines) is 1. The van der Waals surface area contributed by atoms with Crippen LogP contribution in [0.25, 0.3) is 10.9 Å². The highest BCUT2D eigenvalue weighted by Gasteiger charge is 2.47. The quantitative estimate of drug-likeness (QED) is 0.481. The van der Waals surface area contributed by atoms with Crippen LogP contribution in [-0.4, -0.2) is 59.0 Å². The molecule has 2 saturated heterocycles. The van der Waals surface area contributed by atoms with Gasteiger partial charge in [0.15, 0.2) is 0 Å². The molecule has 1 aromatic heterocycles. The summed E-state index contributed by atoms with van der Waals surface area (Å²) in [7, 11) is 0. The van der Waals surface area contributed by atoms with Crippen LogP contribution in [0.2, 0.25) is 0 Å². The SMILES string of the molecule is C[C@H]1C[C@](C(=O)O)(c2ccc(F)cc2)CCN1C(=O)n1c2c(c3ccc(F)cc31)C(C1CCOCC1)OCC2. The molecule has 2 fully saturated rings. The summed E-state index contributed by atoms with van der Waals surface area (Å²) in [6.45, 7) is 3.83. The molecular weight excluding hydrogens is 506 g/mol. The molecule has 39 heavy (non-hydrogen) atoms. The average Bonchev–Trinajstić information content (AvgIpc) is 3.26. The highest BCUT2D eigenvalue weighted by Crippen LogP contribution is 2.44. The lowest BCUT2D eigenvalue weighted by Gasteiger charge is -2.43. The minimum absolute atomic E-state index is 0.184. The molecule has 0 bridgehead atoms. The number of halogens is 2. The van der Waals surface area contributed by atoms with Crippen molar-refractivity contribution in [2.45, 2.75) is 56.6 Å². The number of aromatic nitrogens is 1. The van der Waals surface area contributed by atoms with Gasteiger partial charge in [-0.2, -0.15) is 0 Å². The molecule has 3 aromatic rings. The van der Waals surface area contributed by atoms with Crippen LogP contribution in [0.5, 0.6) is 0 Å². The summed E-state index contributed by atoms with van der Waals surface area (Å²) < 4.78 is 41.6. The van der Waals surface area contributed by atoms with Crippen molar-refractivity contribution >= 4 is 22.9 Å². The van der Waals surface area contributed by atoms with Crippen molar-refractivity contribution < 1.29 is 33.0 Å². The standard InChI is InChI=1S/C30H32F2N2O5/c1-18-17-30(28(35)36,20-2-4-21(31)5-3-20)11-12-33(18)29(37)34-24-10-15-39-27(19-8-13-38-14-9-19)26(24)23-7-6-22(32)16-25(23)34/h2-7,16,18-19,27H,8-15,17H2,1H3,(H,35,36)/t18-,27?,30-/m0/s1. The van der Waals surface area contributed by atoms with E-state index in [-0.39, 0.29) is 37.4 Å². The third-order valence-electron chi connectivity index (χ3n) is 8.89. The topological polar surface area (TPSA) is 81.0 Å². The first kappa shape index (κ1) is 26.0. The van der Waals surface area contributed by atoms with Crippen molar-refractivity contribution in [2.75, 3.05) is 26.4 Å². The number of rotatable bonds is 3. The predicted molar refractivity (Wildman–Crippen MR) is 140 cm³/mol. The molecule has 9 heteroatoms. The summed E-state index contributed by atoms with van der Waals surface area (Å²) in [5.74, 6) is -1.60. The molecule has 0 saturated carbocycles. The van der Waals surface area contributed by atoms with E-state index in [2.05, 4.69) is 0 Å². The fraction of sp³-hybridized carbons (Fsp3) is 0.467. The number of carbonyl (C=O) groups is 2. The Labute approximate surface area is 225 Å². The molecule has 206 valence electrons. The van der Waals surface area contributed by atoms with Crippen molar-refractivity contribution in [3.8, 4) is 0 Å². The molecule has 4 heterocycles. The van der Waals surface area contributed by atoms with Crippen LogP contribution in [0.1, 0.15) is 55.5 Å². The second kappa shape index (κ2) is 10.0. The number of hydrogen-bond donors (Lipinski definition) is 1. The fourth-order valence-electron chi connectivity index (χ4n) is 6.89. The predicted octanol–water partition coefficient (Wildman–Crippen LogP) is 5.43. The third kappa shape index (κ3) is 4.32. The van der Waals surface area contributed by atoms with Gasteiger partial charge < -0.3 is 19.5 Å². The zero-order valence-electron chi connectivity index (χ0n) is 21.9. The van der Waals surface area contributed by atoms with Crippen LogP contribution in [-0.2, 0) is 26.1 Å². The number of nitrogens with zero attached hydrogens (tertiary/aromatic N) is 2. The van der Waals surface area contributed by atoms with Crippen LogP contribution in [0.3, 0.4) is 0 Å². The third-order valence-corrected chi connectivity index (χ3v) is 8.89. The number of piperidine rings is 1. The number of amides is 1. The highest BCUT2D eigenvalue weighted by molar-refractivity contribution is 5.96. The Hall–Kier alpha value is -3.30. The lowest BCUT2D eigenvalue weighted by molar-refractivity contribution is -0.146. The van der Waals surface area contributed by atoms with Crippen molar-refractivity contribution in [1.82, 2.24) is 9.47 Å². The van der Waals surface area contributed by atoms with Gasteiger partial charge in [0.25, 0.3) is 0 Å². The van der Waals surface area contributed by atoms with Crippen molar-refractivity contribution in [1.29, 1.82) is 0 Å². The number of carboxylic acid groups (broad SMARTS) is 1. The Morgan fingerprint density at radius 1 is 1.03 bits per heavy atom. The molecule has 2 aromatic carbocycles. The first-order valence-electron chi connectivity index (χ1n) is 13.6. The molecule has 0 radical (unpaired) electrons. The number of aliphatic carboxylic acids is 1. The molecule has 6 rings (SSSR count). The number of fused-ring (bicyclic) bond motifs is 3. The Morgan fingerprint density at radius 2 is 1.74 bits per heavy atom. The van der Waals surface area contributed by atoms with Crippen molar-refractivity contribution in [2.24, 2.45) is 5.92 Å². The van der Waals surface area contributed by atoms with Gasteiger partial charge in [-0.05, 0) is 74.4 Å². The van der Waals surface area contributed by atoms with E-state index >= 15 is 0 Å². The summed E-state index contributed by atoms with van der Waals surface area (Å²) in [5.41, 5.74) is 1.60. The first-order chi connectivity index (χ1) is 18.8. The Morgan fingerprint density at radius 3 is 2.44 bits per heavy atom. The maximum Gasteiger partial charge on any atom is 0.329 e. The summed E-state index contributed by atoms with van der Waals surface area (Å²) in [5, 5.41) is 11.1. The minimum atomic E-state index is -1.23. The summed E-state index contributed by atoms with van der Waals surface area (Å²) in [6, 6.07) is 9.42. The largest absolute Gasteiger partial charge is 0.481 e. The fourth-order valence-corrected chi connectivity index (χ4v) is 6.89. The maximum atomic E-state index is 14.5. The van der Waals surface area contributed by atoms with Crippen LogP contribution >= 0.6 is 0 Å². The lowest BCUT2D eigenvalue weighted by Crippen LogP contribution is -2.54. The Bertz CT molecular complexity index is 1410. The van der Waals surface area contributed by atoms with Crippen molar-refractivity contribution in [3.05, 3.63) is 70.9 Å². The molecule has 3 atom stereocenters. The van der Waals surface area contributed by atoms with E-state index in [9.17, 15) is 23.5 Å². The Kier molecular flexibility index (Phi) is 6.67. The smallest absolute Gasteiger partial charge is 0.329 e. The number of ether oxygens (including phenoxy) is 2. The van der Waals surface area contributed by atoms with E-state index in [0.29, 0.717) is 37.3 Å². The summed E-state index contributed by atoms with van der Waals surface area (Å²) in [6.07, 6.45) is 2.41. The molecule has 0 spiro atoms.